The number of carbonyl (C=O) groups is 1. The van der Waals surface area contributed by atoms with Crippen LogP contribution in [-0.2, 0) is 21.4 Å². The molecule has 0 atom stereocenters. The number of nitrogens with zero attached hydrogens (tertiary/aromatic N) is 2. The quantitative estimate of drug-likeness (QED) is 0.790. The molecule has 1 aromatic carbocycles. The highest BCUT2D eigenvalue weighted by molar-refractivity contribution is 7.89. The van der Waals surface area contributed by atoms with Gasteiger partial charge in [0, 0.05) is 18.0 Å². The molecule has 0 saturated heterocycles. The number of benzene rings is 1. The van der Waals surface area contributed by atoms with E-state index in [-0.39, 0.29) is 11.4 Å². The van der Waals surface area contributed by atoms with Gasteiger partial charge >= 0.3 is 0 Å². The summed E-state index contributed by atoms with van der Waals surface area (Å²) in [6.45, 7) is -0.239. The monoisotopic (exact) mass is 308 g/mol. The fourth-order valence-electron chi connectivity index (χ4n) is 1.57. The molecule has 0 spiro atoms. The standard InChI is InChI=1S/C12H12N4O4S/c13-21(19,20)10-5-3-9(4-6-10)15-11(17)8-16-12(18)2-1-7-14-16/h1-7H,8H2,(H,15,17)(H2,13,19,20). The Morgan fingerprint density at radius 2 is 1.90 bits per heavy atom. The Kier molecular flexibility index (Phi) is 4.15. The van der Waals surface area contributed by atoms with Crippen molar-refractivity contribution in [2.75, 3.05) is 5.32 Å². The van der Waals surface area contributed by atoms with Gasteiger partial charge in [0.25, 0.3) is 5.56 Å². The second kappa shape index (κ2) is 5.85. The minimum Gasteiger partial charge on any atom is -0.324 e. The van der Waals surface area contributed by atoms with Crippen molar-refractivity contribution in [3.63, 3.8) is 0 Å². The molecule has 1 aromatic heterocycles. The molecular weight excluding hydrogens is 296 g/mol. The van der Waals surface area contributed by atoms with Gasteiger partial charge in [-0.25, -0.2) is 18.2 Å². The lowest BCUT2D eigenvalue weighted by Crippen LogP contribution is -2.28. The summed E-state index contributed by atoms with van der Waals surface area (Å²) in [7, 11) is -3.77. The van der Waals surface area contributed by atoms with Crippen LogP contribution < -0.4 is 16.0 Å². The van der Waals surface area contributed by atoms with Gasteiger partial charge in [0.1, 0.15) is 6.54 Å². The van der Waals surface area contributed by atoms with Crippen LogP contribution in [0.4, 0.5) is 5.69 Å². The smallest absolute Gasteiger partial charge is 0.267 e. The highest BCUT2D eigenvalue weighted by atomic mass is 32.2. The first kappa shape index (κ1) is 14.9. The summed E-state index contributed by atoms with van der Waals surface area (Å²) >= 11 is 0. The summed E-state index contributed by atoms with van der Waals surface area (Å²) in [5, 5.41) is 11.2. The number of anilines is 1. The van der Waals surface area contributed by atoms with Crippen LogP contribution in [0, 0.1) is 0 Å². The molecule has 3 N–H and O–H groups in total. The lowest BCUT2D eigenvalue weighted by atomic mass is 10.3. The van der Waals surface area contributed by atoms with Crippen molar-refractivity contribution >= 4 is 21.6 Å². The molecular formula is C12H12N4O4S. The highest BCUT2D eigenvalue weighted by Crippen LogP contribution is 2.12. The molecule has 0 unspecified atom stereocenters. The van der Waals surface area contributed by atoms with E-state index in [0.29, 0.717) is 5.69 Å². The maximum absolute atomic E-state index is 11.8. The lowest BCUT2D eigenvalue weighted by molar-refractivity contribution is -0.117. The topological polar surface area (TPSA) is 124 Å². The normalized spacial score (nSPS) is 11.1. The first-order valence-electron chi connectivity index (χ1n) is 5.81. The number of aromatic nitrogens is 2. The van der Waals surface area contributed by atoms with E-state index in [1.165, 1.54) is 42.6 Å². The fourth-order valence-corrected chi connectivity index (χ4v) is 2.09. The van der Waals surface area contributed by atoms with Crippen molar-refractivity contribution < 1.29 is 13.2 Å². The maximum atomic E-state index is 11.8. The number of primary sulfonamides is 1. The minimum absolute atomic E-state index is 0.0542. The van der Waals surface area contributed by atoms with Gasteiger partial charge in [-0.1, -0.05) is 0 Å². The van der Waals surface area contributed by atoms with Gasteiger partial charge in [0.2, 0.25) is 15.9 Å². The minimum atomic E-state index is -3.77. The van der Waals surface area contributed by atoms with Gasteiger partial charge in [-0.3, -0.25) is 9.59 Å². The van der Waals surface area contributed by atoms with E-state index in [9.17, 15) is 18.0 Å². The molecule has 1 amide bonds. The number of rotatable bonds is 4. The Hall–Kier alpha value is -2.52. The number of hydrogen-bond acceptors (Lipinski definition) is 5. The number of nitrogens with two attached hydrogens (primary N) is 1. The van der Waals surface area contributed by atoms with Crippen LogP contribution in [0.2, 0.25) is 0 Å². The molecule has 2 aromatic rings. The second-order valence-corrected chi connectivity index (χ2v) is 5.70. The predicted molar refractivity (Wildman–Crippen MR) is 74.9 cm³/mol. The second-order valence-electron chi connectivity index (χ2n) is 4.14. The highest BCUT2D eigenvalue weighted by Gasteiger charge is 2.09. The van der Waals surface area contributed by atoms with Crippen LogP contribution in [0.25, 0.3) is 0 Å². The maximum Gasteiger partial charge on any atom is 0.267 e. The largest absolute Gasteiger partial charge is 0.324 e. The Morgan fingerprint density at radius 1 is 1.24 bits per heavy atom. The van der Waals surface area contributed by atoms with Crippen molar-refractivity contribution in [3.05, 3.63) is 52.9 Å². The third-order valence-corrected chi connectivity index (χ3v) is 3.47. The Labute approximate surface area is 120 Å². The summed E-state index contributed by atoms with van der Waals surface area (Å²) in [5.74, 6) is -0.459. The van der Waals surface area contributed by atoms with Gasteiger partial charge in [-0.15, -0.1) is 0 Å². The molecule has 0 fully saturated rings. The van der Waals surface area contributed by atoms with E-state index in [4.69, 9.17) is 5.14 Å². The van der Waals surface area contributed by atoms with Crippen LogP contribution in [0.3, 0.4) is 0 Å². The zero-order chi connectivity index (χ0) is 15.5. The van der Waals surface area contributed by atoms with Crippen molar-refractivity contribution in [1.82, 2.24) is 9.78 Å². The van der Waals surface area contributed by atoms with Crippen LogP contribution in [0.1, 0.15) is 0 Å². The van der Waals surface area contributed by atoms with Crippen molar-refractivity contribution in [2.24, 2.45) is 5.14 Å². The van der Waals surface area contributed by atoms with Crippen LogP contribution >= 0.6 is 0 Å². The third kappa shape index (κ3) is 3.97. The molecule has 0 radical (unpaired) electrons. The van der Waals surface area contributed by atoms with E-state index in [1.807, 2.05) is 0 Å². The molecule has 0 aliphatic heterocycles. The summed E-state index contributed by atoms with van der Waals surface area (Å²) in [6.07, 6.45) is 1.40. The summed E-state index contributed by atoms with van der Waals surface area (Å²) in [4.78, 5) is 23.1. The summed E-state index contributed by atoms with van der Waals surface area (Å²) < 4.78 is 23.2. The summed E-state index contributed by atoms with van der Waals surface area (Å²) in [5.41, 5.74) is -0.00592. The van der Waals surface area contributed by atoms with E-state index < -0.39 is 21.5 Å². The third-order valence-electron chi connectivity index (χ3n) is 2.55. The predicted octanol–water partition coefficient (Wildman–Crippen LogP) is -0.471. The average Bonchev–Trinajstić information content (AvgIpc) is 2.41. The van der Waals surface area contributed by atoms with E-state index >= 15 is 0 Å². The van der Waals surface area contributed by atoms with Gasteiger partial charge in [0.15, 0.2) is 0 Å². The number of nitrogens with one attached hydrogen (secondary N) is 1. The molecule has 0 aliphatic rings. The van der Waals surface area contributed by atoms with E-state index in [0.717, 1.165) is 4.68 Å². The Morgan fingerprint density at radius 3 is 2.48 bits per heavy atom. The number of amides is 1. The molecule has 110 valence electrons. The van der Waals surface area contributed by atoms with Gasteiger partial charge < -0.3 is 5.32 Å². The Bertz CT molecular complexity index is 812. The first-order valence-corrected chi connectivity index (χ1v) is 7.36. The number of hydrogen-bond donors (Lipinski definition) is 2. The number of sulfonamides is 1. The first-order chi connectivity index (χ1) is 9.86. The van der Waals surface area contributed by atoms with Gasteiger partial charge in [-0.2, -0.15) is 5.10 Å². The van der Waals surface area contributed by atoms with Crippen molar-refractivity contribution in [3.8, 4) is 0 Å². The zero-order valence-electron chi connectivity index (χ0n) is 10.8. The van der Waals surface area contributed by atoms with Crippen LogP contribution in [0.5, 0.6) is 0 Å². The van der Waals surface area contributed by atoms with Gasteiger partial charge in [0.05, 0.1) is 4.90 Å². The van der Waals surface area contributed by atoms with Gasteiger partial charge in [-0.05, 0) is 30.3 Å². The van der Waals surface area contributed by atoms with Crippen LogP contribution in [0.15, 0.2) is 52.3 Å². The molecule has 9 heteroatoms. The molecule has 8 nitrogen and oxygen atoms in total. The van der Waals surface area contributed by atoms with Crippen molar-refractivity contribution in [1.29, 1.82) is 0 Å². The number of carbonyl (C=O) groups excluding carboxylic acids is 1. The summed E-state index contributed by atoms with van der Waals surface area (Å²) in [6, 6.07) is 8.12. The molecule has 1 heterocycles. The molecule has 0 bridgehead atoms. The molecule has 0 saturated carbocycles. The fraction of sp³-hybridized carbons (Fsp3) is 0.0833. The average molecular weight is 308 g/mol. The van der Waals surface area contributed by atoms with E-state index in [2.05, 4.69) is 10.4 Å². The molecule has 21 heavy (non-hydrogen) atoms. The van der Waals surface area contributed by atoms with Crippen LogP contribution in [-0.4, -0.2) is 24.1 Å². The SMILES string of the molecule is NS(=O)(=O)c1ccc(NC(=O)Cn2ncccc2=O)cc1. The zero-order valence-corrected chi connectivity index (χ0v) is 11.6. The van der Waals surface area contributed by atoms with E-state index in [1.54, 1.807) is 0 Å². The Balaban J connectivity index is 2.07. The lowest BCUT2D eigenvalue weighted by Gasteiger charge is -2.06. The molecule has 0 aliphatic carbocycles. The van der Waals surface area contributed by atoms with Crippen molar-refractivity contribution in [2.45, 2.75) is 11.4 Å². The molecule has 2 rings (SSSR count).